The Balaban J connectivity index is 4.59. The molecule has 116 valence electrons. The lowest BCUT2D eigenvalue weighted by atomic mass is 10.1. The number of allylic oxidation sites excluding steroid dienone is 2. The third-order valence-corrected chi connectivity index (χ3v) is 2.35. The van der Waals surface area contributed by atoms with Crippen LogP contribution in [-0.2, 0) is 14.2 Å². The molecular formula is C14H22F2O4. The summed E-state index contributed by atoms with van der Waals surface area (Å²) in [5.41, 5.74) is 0. The van der Waals surface area contributed by atoms with Gasteiger partial charge in [-0.1, -0.05) is 12.2 Å². The van der Waals surface area contributed by atoms with E-state index >= 15 is 0 Å². The molecule has 0 rings (SSSR count). The lowest BCUT2D eigenvalue weighted by molar-refractivity contribution is -0.123. The fraction of sp³-hybridized carbons (Fsp3) is 0.571. The smallest absolute Gasteiger partial charge is 0.332 e. The van der Waals surface area contributed by atoms with E-state index in [4.69, 9.17) is 14.2 Å². The molecule has 0 aromatic rings. The zero-order valence-electron chi connectivity index (χ0n) is 11.7. The first-order valence-electron chi connectivity index (χ1n) is 6.20. The van der Waals surface area contributed by atoms with E-state index in [2.05, 4.69) is 13.2 Å². The van der Waals surface area contributed by atoms with Gasteiger partial charge >= 0.3 is 5.92 Å². The van der Waals surface area contributed by atoms with Crippen molar-refractivity contribution in [1.29, 1.82) is 0 Å². The van der Waals surface area contributed by atoms with Crippen LogP contribution in [0.1, 0.15) is 12.8 Å². The number of aliphatic hydroxyl groups excluding tert-OH is 1. The minimum absolute atomic E-state index is 0.228. The van der Waals surface area contributed by atoms with E-state index in [1.807, 2.05) is 0 Å². The van der Waals surface area contributed by atoms with Crippen molar-refractivity contribution in [3.05, 3.63) is 37.1 Å². The summed E-state index contributed by atoms with van der Waals surface area (Å²) in [7, 11) is 1.50. The van der Waals surface area contributed by atoms with Gasteiger partial charge < -0.3 is 19.3 Å². The molecule has 0 aliphatic carbocycles. The Labute approximate surface area is 118 Å². The summed E-state index contributed by atoms with van der Waals surface area (Å²) in [6, 6.07) is 0. The van der Waals surface area contributed by atoms with Crippen LogP contribution in [0, 0.1) is 0 Å². The van der Waals surface area contributed by atoms with Gasteiger partial charge in [0.05, 0.1) is 13.2 Å². The Morgan fingerprint density at radius 3 is 2.55 bits per heavy atom. The van der Waals surface area contributed by atoms with Gasteiger partial charge in [-0.3, -0.25) is 0 Å². The van der Waals surface area contributed by atoms with Crippen molar-refractivity contribution in [2.45, 2.75) is 24.9 Å². The highest BCUT2D eigenvalue weighted by molar-refractivity contribution is 5.12. The maximum Gasteiger partial charge on any atom is 0.332 e. The lowest BCUT2D eigenvalue weighted by Crippen LogP contribution is -2.35. The minimum Gasteiger partial charge on any atom is -0.466 e. The van der Waals surface area contributed by atoms with Crippen LogP contribution < -0.4 is 0 Å². The summed E-state index contributed by atoms with van der Waals surface area (Å²) in [5.74, 6) is -4.18. The van der Waals surface area contributed by atoms with E-state index in [1.165, 1.54) is 13.2 Å². The van der Waals surface area contributed by atoms with Crippen LogP contribution in [-0.4, -0.2) is 44.2 Å². The molecule has 0 bridgehead atoms. The molecule has 1 unspecified atom stereocenters. The number of aliphatic hydroxyl groups is 1. The molecule has 0 saturated carbocycles. The van der Waals surface area contributed by atoms with Crippen LogP contribution in [0.25, 0.3) is 0 Å². The third kappa shape index (κ3) is 6.79. The van der Waals surface area contributed by atoms with E-state index in [0.29, 0.717) is 19.4 Å². The molecule has 0 aromatic carbocycles. The lowest BCUT2D eigenvalue weighted by Gasteiger charge is -2.23. The van der Waals surface area contributed by atoms with E-state index in [9.17, 15) is 13.9 Å². The summed E-state index contributed by atoms with van der Waals surface area (Å²) in [6.07, 6.45) is 2.42. The molecule has 0 fully saturated rings. The number of halogens is 2. The van der Waals surface area contributed by atoms with Crippen molar-refractivity contribution in [2.24, 2.45) is 0 Å². The molecule has 20 heavy (non-hydrogen) atoms. The normalized spacial score (nSPS) is 13.9. The highest BCUT2D eigenvalue weighted by Crippen LogP contribution is 2.30. The van der Waals surface area contributed by atoms with E-state index in [1.54, 1.807) is 6.08 Å². The highest BCUT2D eigenvalue weighted by atomic mass is 19.3. The zero-order chi connectivity index (χ0) is 15.4. The van der Waals surface area contributed by atoms with Crippen LogP contribution in [0.3, 0.4) is 0 Å². The van der Waals surface area contributed by atoms with Gasteiger partial charge in [0, 0.05) is 7.11 Å². The molecule has 1 atom stereocenters. The fourth-order valence-corrected chi connectivity index (χ4v) is 1.22. The Morgan fingerprint density at radius 2 is 2.00 bits per heavy atom. The Bertz CT molecular complexity index is 316. The van der Waals surface area contributed by atoms with Crippen LogP contribution in [0.2, 0.25) is 0 Å². The summed E-state index contributed by atoms with van der Waals surface area (Å²) in [4.78, 5) is 0. The maximum absolute atomic E-state index is 13.9. The van der Waals surface area contributed by atoms with Crippen molar-refractivity contribution in [3.63, 3.8) is 0 Å². The summed E-state index contributed by atoms with van der Waals surface area (Å²) < 4.78 is 42.4. The van der Waals surface area contributed by atoms with Gasteiger partial charge in [-0.25, -0.2) is 0 Å². The van der Waals surface area contributed by atoms with Gasteiger partial charge in [-0.15, -0.1) is 13.2 Å². The van der Waals surface area contributed by atoms with Gasteiger partial charge in [0.1, 0.15) is 6.10 Å². The van der Waals surface area contributed by atoms with E-state index < -0.39 is 17.8 Å². The Morgan fingerprint density at radius 1 is 1.30 bits per heavy atom. The number of rotatable bonds is 12. The highest BCUT2D eigenvalue weighted by Gasteiger charge is 2.42. The summed E-state index contributed by atoms with van der Waals surface area (Å²) in [6.45, 7) is 6.88. The monoisotopic (exact) mass is 292 g/mol. The maximum atomic E-state index is 13.9. The molecular weight excluding hydrogens is 270 g/mol. The fourth-order valence-electron chi connectivity index (χ4n) is 1.22. The first kappa shape index (κ1) is 18.8. The third-order valence-electron chi connectivity index (χ3n) is 2.35. The minimum atomic E-state index is -3.55. The van der Waals surface area contributed by atoms with Crippen LogP contribution in [0.4, 0.5) is 8.78 Å². The Kier molecular flexibility index (Phi) is 9.88. The molecule has 0 radical (unpaired) electrons. The van der Waals surface area contributed by atoms with Gasteiger partial charge in [0.25, 0.3) is 0 Å². The number of unbranched alkanes of at least 4 members (excludes halogenated alkanes) is 1. The first-order chi connectivity index (χ1) is 9.50. The number of methoxy groups -OCH3 is 1. The van der Waals surface area contributed by atoms with Crippen LogP contribution in [0.15, 0.2) is 37.1 Å². The van der Waals surface area contributed by atoms with E-state index in [-0.39, 0.29) is 13.4 Å². The average Bonchev–Trinajstić information content (AvgIpc) is 2.44. The van der Waals surface area contributed by atoms with Crippen LogP contribution in [0.5, 0.6) is 0 Å². The summed E-state index contributed by atoms with van der Waals surface area (Å²) in [5, 5.41) is 9.28. The predicted octanol–water partition coefficient (Wildman–Crippen LogP) is 2.66. The average molecular weight is 292 g/mol. The summed E-state index contributed by atoms with van der Waals surface area (Å²) >= 11 is 0. The number of hydrogen-bond donors (Lipinski definition) is 1. The number of ether oxygens (including phenoxy) is 3. The van der Waals surface area contributed by atoms with E-state index in [0.717, 1.165) is 6.08 Å². The van der Waals surface area contributed by atoms with Crippen molar-refractivity contribution >= 4 is 0 Å². The molecule has 0 aliphatic rings. The first-order valence-corrected chi connectivity index (χ1v) is 6.20. The molecule has 0 aliphatic heterocycles. The molecule has 4 nitrogen and oxygen atoms in total. The topological polar surface area (TPSA) is 47.9 Å². The molecule has 1 N–H and O–H groups in total. The number of hydrogen-bond acceptors (Lipinski definition) is 4. The van der Waals surface area contributed by atoms with Gasteiger partial charge in [0.15, 0.2) is 12.6 Å². The van der Waals surface area contributed by atoms with Crippen LogP contribution >= 0.6 is 0 Å². The second-order valence-corrected chi connectivity index (χ2v) is 3.90. The molecule has 0 heterocycles. The standard InChI is InChI=1S/C14H22F2O4/c1-4-6-7-8-13(14(15,16)12(17)5-2)20-11-19-10-9-18-3/h4-5,8,12,17H,1-2,6-7,9-11H2,3H3/b13-8-. The van der Waals surface area contributed by atoms with Crippen molar-refractivity contribution in [2.75, 3.05) is 27.1 Å². The second kappa shape index (κ2) is 10.5. The van der Waals surface area contributed by atoms with Crippen molar-refractivity contribution < 1.29 is 28.1 Å². The largest absolute Gasteiger partial charge is 0.466 e. The van der Waals surface area contributed by atoms with Gasteiger partial charge in [0.2, 0.25) is 0 Å². The van der Waals surface area contributed by atoms with Gasteiger partial charge in [-0.05, 0) is 18.9 Å². The molecule has 0 amide bonds. The molecule has 0 aromatic heterocycles. The van der Waals surface area contributed by atoms with Gasteiger partial charge in [-0.2, -0.15) is 8.78 Å². The molecule has 0 spiro atoms. The quantitative estimate of drug-likeness (QED) is 0.260. The number of alkyl halides is 2. The molecule has 0 saturated heterocycles. The SMILES string of the molecule is C=CCC/C=C(\OCOCCOC)C(F)(F)C(O)C=C. The zero-order valence-corrected chi connectivity index (χ0v) is 11.7. The Hall–Kier alpha value is -1.24. The molecule has 6 heteroatoms. The second-order valence-electron chi connectivity index (χ2n) is 3.90. The van der Waals surface area contributed by atoms with Crippen molar-refractivity contribution in [1.82, 2.24) is 0 Å². The van der Waals surface area contributed by atoms with Crippen molar-refractivity contribution in [3.8, 4) is 0 Å². The predicted molar refractivity (Wildman–Crippen MR) is 72.4 cm³/mol.